The number of ether oxygens (including phenoxy) is 2. The van der Waals surface area contributed by atoms with Crippen molar-refractivity contribution in [3.05, 3.63) is 71.8 Å². The zero-order chi connectivity index (χ0) is 19.0. The lowest BCUT2D eigenvalue weighted by molar-refractivity contribution is -0.155. The van der Waals surface area contributed by atoms with E-state index in [2.05, 4.69) is 4.74 Å². The van der Waals surface area contributed by atoms with Gasteiger partial charge in [0.05, 0.1) is 7.11 Å². The SMILES string of the molecule is COC(=O)C(Cc1ccccc1)(NC(=O)OCc1ccccc1)C(F)F. The largest absolute Gasteiger partial charge is 0.467 e. The zero-order valence-electron chi connectivity index (χ0n) is 14.2. The van der Waals surface area contributed by atoms with E-state index < -0.39 is 30.4 Å². The predicted molar refractivity (Wildman–Crippen MR) is 90.7 cm³/mol. The van der Waals surface area contributed by atoms with E-state index >= 15 is 0 Å². The number of halogens is 2. The molecule has 1 atom stereocenters. The molecule has 0 aliphatic carbocycles. The highest BCUT2D eigenvalue weighted by atomic mass is 19.3. The van der Waals surface area contributed by atoms with Gasteiger partial charge < -0.3 is 9.47 Å². The molecular formula is C19H19F2NO4. The van der Waals surface area contributed by atoms with Crippen LogP contribution in [0.4, 0.5) is 13.6 Å². The second-order valence-electron chi connectivity index (χ2n) is 5.61. The average molecular weight is 363 g/mol. The first kappa shape index (κ1) is 19.4. The normalized spacial score (nSPS) is 12.9. The highest BCUT2D eigenvalue weighted by Crippen LogP contribution is 2.24. The lowest BCUT2D eigenvalue weighted by Gasteiger charge is -2.30. The summed E-state index contributed by atoms with van der Waals surface area (Å²) in [6.45, 7) is -0.113. The van der Waals surface area contributed by atoms with E-state index in [9.17, 15) is 18.4 Å². The molecule has 5 nitrogen and oxygen atoms in total. The Morgan fingerprint density at radius 2 is 1.54 bits per heavy atom. The Bertz CT molecular complexity index is 725. The Labute approximate surface area is 149 Å². The van der Waals surface area contributed by atoms with Crippen LogP contribution >= 0.6 is 0 Å². The molecule has 0 aliphatic rings. The van der Waals surface area contributed by atoms with Crippen LogP contribution in [0.25, 0.3) is 0 Å². The molecule has 0 saturated carbocycles. The summed E-state index contributed by atoms with van der Waals surface area (Å²) in [4.78, 5) is 24.2. The minimum absolute atomic E-state index is 0.113. The van der Waals surface area contributed by atoms with Crippen LogP contribution in [0.15, 0.2) is 60.7 Å². The summed E-state index contributed by atoms with van der Waals surface area (Å²) in [5, 5.41) is 2.01. The topological polar surface area (TPSA) is 64.6 Å². The Kier molecular flexibility index (Phi) is 6.66. The van der Waals surface area contributed by atoms with Gasteiger partial charge in [-0.1, -0.05) is 60.7 Å². The van der Waals surface area contributed by atoms with Gasteiger partial charge in [0.2, 0.25) is 5.54 Å². The molecule has 0 heterocycles. The van der Waals surface area contributed by atoms with Gasteiger partial charge in [-0.25, -0.2) is 18.4 Å². The number of nitrogens with one attached hydrogen (secondary N) is 1. The maximum atomic E-state index is 13.8. The fraction of sp³-hybridized carbons (Fsp3) is 0.263. The quantitative estimate of drug-likeness (QED) is 0.767. The van der Waals surface area contributed by atoms with Crippen LogP contribution in [-0.2, 0) is 27.3 Å². The molecule has 1 unspecified atom stereocenters. The van der Waals surface area contributed by atoms with Crippen LogP contribution < -0.4 is 5.32 Å². The molecule has 0 bridgehead atoms. The highest BCUT2D eigenvalue weighted by Gasteiger charge is 2.50. The average Bonchev–Trinajstić information content (AvgIpc) is 2.66. The zero-order valence-corrected chi connectivity index (χ0v) is 14.2. The number of hydrogen-bond acceptors (Lipinski definition) is 4. The van der Waals surface area contributed by atoms with Crippen molar-refractivity contribution < 1.29 is 27.8 Å². The first-order valence-electron chi connectivity index (χ1n) is 7.87. The number of alkyl halides is 2. The Morgan fingerprint density at radius 3 is 2.04 bits per heavy atom. The van der Waals surface area contributed by atoms with Crippen LogP contribution in [0.2, 0.25) is 0 Å². The van der Waals surface area contributed by atoms with Crippen LogP contribution in [-0.4, -0.2) is 31.1 Å². The van der Waals surface area contributed by atoms with Gasteiger partial charge in [0.1, 0.15) is 6.61 Å². The molecule has 0 aromatic heterocycles. The van der Waals surface area contributed by atoms with Crippen molar-refractivity contribution in [3.63, 3.8) is 0 Å². The van der Waals surface area contributed by atoms with Gasteiger partial charge in [-0.3, -0.25) is 5.32 Å². The van der Waals surface area contributed by atoms with Crippen LogP contribution in [0.5, 0.6) is 0 Å². The Hall–Kier alpha value is -2.96. The molecule has 0 spiro atoms. The van der Waals surface area contributed by atoms with E-state index in [1.807, 2.05) is 5.32 Å². The molecular weight excluding hydrogens is 344 g/mol. The van der Waals surface area contributed by atoms with E-state index in [4.69, 9.17) is 4.74 Å². The van der Waals surface area contributed by atoms with Crippen molar-refractivity contribution in [1.29, 1.82) is 0 Å². The Morgan fingerprint density at radius 1 is 1.00 bits per heavy atom. The monoisotopic (exact) mass is 363 g/mol. The number of alkyl carbamates (subject to hydrolysis) is 1. The van der Waals surface area contributed by atoms with Crippen molar-refractivity contribution in [2.45, 2.75) is 25.0 Å². The van der Waals surface area contributed by atoms with Gasteiger partial charge in [-0.15, -0.1) is 0 Å². The van der Waals surface area contributed by atoms with E-state index in [0.29, 0.717) is 11.1 Å². The molecule has 2 aromatic carbocycles. The first-order chi connectivity index (χ1) is 12.5. The number of esters is 1. The van der Waals surface area contributed by atoms with E-state index in [1.165, 1.54) is 0 Å². The summed E-state index contributed by atoms with van der Waals surface area (Å²) in [7, 11) is 0.988. The van der Waals surface area contributed by atoms with Crippen LogP contribution in [0.1, 0.15) is 11.1 Å². The van der Waals surface area contributed by atoms with Gasteiger partial charge in [0.15, 0.2) is 0 Å². The Balaban J connectivity index is 2.17. The van der Waals surface area contributed by atoms with Gasteiger partial charge in [-0.05, 0) is 11.1 Å². The van der Waals surface area contributed by atoms with Gasteiger partial charge in [0.25, 0.3) is 6.43 Å². The van der Waals surface area contributed by atoms with E-state index in [0.717, 1.165) is 7.11 Å². The molecule has 0 radical (unpaired) electrons. The second-order valence-corrected chi connectivity index (χ2v) is 5.61. The summed E-state index contributed by atoms with van der Waals surface area (Å²) in [5.41, 5.74) is -1.41. The summed E-state index contributed by atoms with van der Waals surface area (Å²) in [6.07, 6.45) is -4.76. The molecule has 2 aromatic rings. The lowest BCUT2D eigenvalue weighted by atomic mass is 9.91. The molecule has 1 N–H and O–H groups in total. The molecule has 7 heteroatoms. The highest BCUT2D eigenvalue weighted by molar-refractivity contribution is 5.86. The number of benzene rings is 2. The number of methoxy groups -OCH3 is 1. The maximum absolute atomic E-state index is 13.8. The third-order valence-electron chi connectivity index (χ3n) is 3.79. The van der Waals surface area contributed by atoms with Crippen molar-refractivity contribution in [2.24, 2.45) is 0 Å². The molecule has 1 amide bonds. The standard InChI is InChI=1S/C19H19F2NO4/c1-25-17(23)19(16(20)21,12-14-8-4-2-5-9-14)22-18(24)26-13-15-10-6-3-7-11-15/h2-11,16H,12-13H2,1H3,(H,22,24). The van der Waals surface area contributed by atoms with Gasteiger partial charge in [-0.2, -0.15) is 0 Å². The maximum Gasteiger partial charge on any atom is 0.408 e. The van der Waals surface area contributed by atoms with Crippen molar-refractivity contribution >= 4 is 12.1 Å². The first-order valence-corrected chi connectivity index (χ1v) is 7.87. The van der Waals surface area contributed by atoms with Crippen molar-refractivity contribution in [2.75, 3.05) is 7.11 Å². The molecule has 138 valence electrons. The summed E-state index contributed by atoms with van der Waals surface area (Å²) < 4.78 is 37.2. The van der Waals surface area contributed by atoms with E-state index in [-0.39, 0.29) is 6.61 Å². The van der Waals surface area contributed by atoms with Crippen molar-refractivity contribution in [3.8, 4) is 0 Å². The molecule has 0 saturated heterocycles. The lowest BCUT2D eigenvalue weighted by Crippen LogP contribution is -2.61. The number of carbonyl (C=O) groups is 2. The third-order valence-corrected chi connectivity index (χ3v) is 3.79. The number of hydrogen-bond donors (Lipinski definition) is 1. The fourth-order valence-electron chi connectivity index (χ4n) is 2.43. The fourth-order valence-corrected chi connectivity index (χ4v) is 2.43. The van der Waals surface area contributed by atoms with E-state index in [1.54, 1.807) is 60.7 Å². The number of amides is 1. The second kappa shape index (κ2) is 8.94. The van der Waals surface area contributed by atoms with Crippen molar-refractivity contribution in [1.82, 2.24) is 5.32 Å². The smallest absolute Gasteiger partial charge is 0.408 e. The minimum atomic E-state index is -3.19. The molecule has 26 heavy (non-hydrogen) atoms. The molecule has 2 rings (SSSR count). The summed E-state index contributed by atoms with van der Waals surface area (Å²) in [6, 6.07) is 16.9. The van der Waals surface area contributed by atoms with Gasteiger partial charge >= 0.3 is 12.1 Å². The third kappa shape index (κ3) is 4.78. The number of rotatable bonds is 7. The predicted octanol–water partition coefficient (Wildman–Crippen LogP) is 3.33. The van der Waals surface area contributed by atoms with Crippen LogP contribution in [0.3, 0.4) is 0 Å². The molecule has 0 aliphatic heterocycles. The van der Waals surface area contributed by atoms with Gasteiger partial charge in [0, 0.05) is 6.42 Å². The van der Waals surface area contributed by atoms with Crippen LogP contribution in [0, 0.1) is 0 Å². The molecule has 0 fully saturated rings. The summed E-state index contributed by atoms with van der Waals surface area (Å²) >= 11 is 0. The minimum Gasteiger partial charge on any atom is -0.467 e. The number of carbonyl (C=O) groups excluding carboxylic acids is 2. The summed E-state index contributed by atoms with van der Waals surface area (Å²) in [5.74, 6) is -1.24.